The van der Waals surface area contributed by atoms with Gasteiger partial charge >= 0.3 is 0 Å². The van der Waals surface area contributed by atoms with Crippen molar-refractivity contribution < 1.29 is 14.3 Å². The molecule has 0 heterocycles. The number of aliphatic hydroxyl groups excluding tert-OH is 1. The highest BCUT2D eigenvalue weighted by Gasteiger charge is 2.16. The van der Waals surface area contributed by atoms with Gasteiger partial charge in [-0.3, -0.25) is 4.79 Å². The Bertz CT molecular complexity index is 649. The average Bonchev–Trinajstić information content (AvgIpc) is 2.59. The van der Waals surface area contributed by atoms with Crippen LogP contribution in [0.4, 0.5) is 4.39 Å². The number of carbonyl (C=O) groups excluding carboxylic acids is 1. The summed E-state index contributed by atoms with van der Waals surface area (Å²) in [4.78, 5) is 12.9. The Kier molecular flexibility index (Phi) is 6.62. The van der Waals surface area contributed by atoms with Gasteiger partial charge in [-0.15, -0.1) is 11.8 Å². The molecule has 0 aliphatic heterocycles. The second-order valence-electron chi connectivity index (χ2n) is 5.15. The number of halogens is 1. The highest BCUT2D eigenvalue weighted by Crippen LogP contribution is 2.22. The summed E-state index contributed by atoms with van der Waals surface area (Å²) in [6.07, 6.45) is 3.01. The monoisotopic (exact) mass is 333 g/mol. The molecule has 0 radical (unpaired) electrons. The lowest BCUT2D eigenvalue weighted by molar-refractivity contribution is 0.0932. The van der Waals surface area contributed by atoms with Crippen molar-refractivity contribution in [1.29, 1.82) is 0 Å². The van der Waals surface area contributed by atoms with Crippen LogP contribution in [0.15, 0.2) is 53.4 Å². The third kappa shape index (κ3) is 4.81. The number of carbonyl (C=O) groups is 1. The van der Waals surface area contributed by atoms with E-state index in [1.807, 2.05) is 30.3 Å². The molecule has 0 spiro atoms. The third-order valence-electron chi connectivity index (χ3n) is 3.57. The summed E-state index contributed by atoms with van der Waals surface area (Å²) in [5.41, 5.74) is 1.42. The quantitative estimate of drug-likeness (QED) is 0.758. The fraction of sp³-hybridized carbons (Fsp3) is 0.278. The molecule has 0 aromatic heterocycles. The van der Waals surface area contributed by atoms with Crippen LogP contribution in [0.3, 0.4) is 0 Å². The number of aliphatic hydroxyl groups is 1. The van der Waals surface area contributed by atoms with Crippen LogP contribution in [0.25, 0.3) is 0 Å². The molecule has 0 saturated heterocycles. The van der Waals surface area contributed by atoms with Gasteiger partial charge in [0.25, 0.3) is 5.91 Å². The predicted octanol–water partition coefficient (Wildman–Crippen LogP) is 3.79. The fourth-order valence-corrected chi connectivity index (χ4v) is 2.85. The van der Waals surface area contributed by atoms with Crippen LogP contribution in [0.1, 0.15) is 34.8 Å². The van der Waals surface area contributed by atoms with Gasteiger partial charge in [0.1, 0.15) is 5.82 Å². The van der Waals surface area contributed by atoms with Gasteiger partial charge in [0, 0.05) is 17.1 Å². The Morgan fingerprint density at radius 2 is 2.00 bits per heavy atom. The molecule has 2 N–H and O–H groups in total. The molecule has 3 nitrogen and oxygen atoms in total. The van der Waals surface area contributed by atoms with E-state index >= 15 is 0 Å². The lowest BCUT2D eigenvalue weighted by Crippen LogP contribution is -2.28. The summed E-state index contributed by atoms with van der Waals surface area (Å²) in [5, 5.41) is 12.0. The summed E-state index contributed by atoms with van der Waals surface area (Å²) >= 11 is 1.27. The second kappa shape index (κ2) is 8.70. The van der Waals surface area contributed by atoms with E-state index in [0.717, 1.165) is 5.56 Å². The molecule has 2 aromatic carbocycles. The Hall–Kier alpha value is -1.85. The number of rotatable bonds is 7. The van der Waals surface area contributed by atoms with Crippen LogP contribution < -0.4 is 5.32 Å². The molecule has 0 saturated carbocycles. The maximum atomic E-state index is 13.5. The Morgan fingerprint density at radius 1 is 1.26 bits per heavy atom. The maximum absolute atomic E-state index is 13.5. The minimum atomic E-state index is -0.325. The zero-order chi connectivity index (χ0) is 16.7. The third-order valence-corrected chi connectivity index (χ3v) is 4.32. The minimum absolute atomic E-state index is 0.0758. The summed E-state index contributed by atoms with van der Waals surface area (Å²) in [7, 11) is 0. The van der Waals surface area contributed by atoms with E-state index in [9.17, 15) is 9.18 Å². The van der Waals surface area contributed by atoms with E-state index in [1.54, 1.807) is 12.3 Å². The van der Waals surface area contributed by atoms with Crippen molar-refractivity contribution in [2.75, 3.05) is 12.9 Å². The molecule has 0 bridgehead atoms. The maximum Gasteiger partial charge on any atom is 0.251 e. The fourth-order valence-electron chi connectivity index (χ4n) is 2.35. The molecular formula is C18H20FNO2S. The van der Waals surface area contributed by atoms with Crippen LogP contribution in [0.2, 0.25) is 0 Å². The first-order valence-corrected chi connectivity index (χ1v) is 8.68. The average molecular weight is 333 g/mol. The first kappa shape index (κ1) is 17.5. The van der Waals surface area contributed by atoms with Gasteiger partial charge in [0.05, 0.1) is 6.04 Å². The van der Waals surface area contributed by atoms with Crippen molar-refractivity contribution in [3.63, 3.8) is 0 Å². The van der Waals surface area contributed by atoms with Gasteiger partial charge in [0.15, 0.2) is 0 Å². The summed E-state index contributed by atoms with van der Waals surface area (Å²) in [6, 6.07) is 13.8. The molecule has 0 aliphatic rings. The smallest absolute Gasteiger partial charge is 0.251 e. The summed E-state index contributed by atoms with van der Waals surface area (Å²) in [5.74, 6) is -0.568. The van der Waals surface area contributed by atoms with Gasteiger partial charge in [-0.1, -0.05) is 30.3 Å². The first-order chi connectivity index (χ1) is 11.2. The molecular weight excluding hydrogens is 313 g/mol. The predicted molar refractivity (Wildman–Crippen MR) is 91.2 cm³/mol. The van der Waals surface area contributed by atoms with E-state index < -0.39 is 0 Å². The Morgan fingerprint density at radius 3 is 2.65 bits per heavy atom. The summed E-state index contributed by atoms with van der Waals surface area (Å²) < 4.78 is 13.5. The zero-order valence-corrected chi connectivity index (χ0v) is 13.8. The highest BCUT2D eigenvalue weighted by atomic mass is 32.2. The second-order valence-corrected chi connectivity index (χ2v) is 6.00. The normalized spacial score (nSPS) is 12.0. The van der Waals surface area contributed by atoms with Gasteiger partial charge in [-0.05, 0) is 42.9 Å². The number of hydrogen-bond acceptors (Lipinski definition) is 3. The molecule has 1 amide bonds. The van der Waals surface area contributed by atoms with Gasteiger partial charge in [-0.25, -0.2) is 4.39 Å². The van der Waals surface area contributed by atoms with E-state index in [0.29, 0.717) is 23.3 Å². The van der Waals surface area contributed by atoms with E-state index in [4.69, 9.17) is 5.11 Å². The van der Waals surface area contributed by atoms with E-state index in [1.165, 1.54) is 23.9 Å². The molecule has 0 aliphatic carbocycles. The lowest BCUT2D eigenvalue weighted by Gasteiger charge is -2.19. The molecule has 1 unspecified atom stereocenters. The van der Waals surface area contributed by atoms with Crippen LogP contribution in [0.5, 0.6) is 0 Å². The highest BCUT2D eigenvalue weighted by molar-refractivity contribution is 7.98. The van der Waals surface area contributed by atoms with Crippen LogP contribution in [0, 0.1) is 5.82 Å². The van der Waals surface area contributed by atoms with Crippen molar-refractivity contribution in [2.45, 2.75) is 23.8 Å². The number of amides is 1. The zero-order valence-electron chi connectivity index (χ0n) is 13.0. The lowest BCUT2D eigenvalue weighted by atomic mass is 10.0. The number of hydrogen-bond donors (Lipinski definition) is 2. The molecule has 0 fully saturated rings. The van der Waals surface area contributed by atoms with Gasteiger partial charge < -0.3 is 10.4 Å². The minimum Gasteiger partial charge on any atom is -0.396 e. The van der Waals surface area contributed by atoms with E-state index in [2.05, 4.69) is 5.32 Å². The SMILES string of the molecule is CSc1cc(C(=O)NC(CCCO)c2ccccc2)ccc1F. The van der Waals surface area contributed by atoms with Crippen molar-refractivity contribution in [3.8, 4) is 0 Å². The van der Waals surface area contributed by atoms with Crippen molar-refractivity contribution in [1.82, 2.24) is 5.32 Å². The molecule has 122 valence electrons. The standard InChI is InChI=1S/C18H20FNO2S/c1-23-17-12-14(9-10-15(17)19)18(22)20-16(8-5-11-21)13-6-3-2-4-7-13/h2-4,6-7,9-10,12,16,21H,5,8,11H2,1H3,(H,20,22). The topological polar surface area (TPSA) is 49.3 Å². The largest absolute Gasteiger partial charge is 0.396 e. The molecule has 2 rings (SSSR count). The molecule has 1 atom stereocenters. The summed E-state index contributed by atoms with van der Waals surface area (Å²) in [6.45, 7) is 0.0758. The Balaban J connectivity index is 2.17. The van der Waals surface area contributed by atoms with Crippen molar-refractivity contribution in [2.24, 2.45) is 0 Å². The van der Waals surface area contributed by atoms with Gasteiger partial charge in [0.2, 0.25) is 0 Å². The number of nitrogens with one attached hydrogen (secondary N) is 1. The van der Waals surface area contributed by atoms with Crippen LogP contribution in [-0.2, 0) is 0 Å². The Labute approximate surface area is 139 Å². The molecule has 23 heavy (non-hydrogen) atoms. The first-order valence-electron chi connectivity index (χ1n) is 7.46. The van der Waals surface area contributed by atoms with Gasteiger partial charge in [-0.2, -0.15) is 0 Å². The van der Waals surface area contributed by atoms with E-state index in [-0.39, 0.29) is 24.4 Å². The number of thioether (sulfide) groups is 1. The van der Waals surface area contributed by atoms with Crippen molar-refractivity contribution in [3.05, 3.63) is 65.5 Å². The van der Waals surface area contributed by atoms with Crippen LogP contribution >= 0.6 is 11.8 Å². The van der Waals surface area contributed by atoms with Crippen LogP contribution in [-0.4, -0.2) is 23.9 Å². The molecule has 2 aromatic rings. The van der Waals surface area contributed by atoms with Crippen molar-refractivity contribution >= 4 is 17.7 Å². The molecule has 5 heteroatoms. The number of benzene rings is 2.